The Hall–Kier alpha value is -1.78. The Kier molecular flexibility index (Phi) is 1.00. The lowest BCUT2D eigenvalue weighted by Gasteiger charge is -1.89. The summed E-state index contributed by atoms with van der Waals surface area (Å²) >= 11 is 0. The van der Waals surface area contributed by atoms with Crippen molar-refractivity contribution in [1.29, 1.82) is 0 Å². The number of nitrogens with zero attached hydrogens (tertiary/aromatic N) is 2. The number of nitrogen functional groups attached to an aromatic ring is 1. The third-order valence-electron chi connectivity index (χ3n) is 1.49. The number of aromatic amines is 1. The first kappa shape index (κ1) is 5.96. The molecule has 0 aliphatic rings. The maximum absolute atomic E-state index is 10.9. The van der Waals surface area contributed by atoms with Gasteiger partial charge in [0.1, 0.15) is 5.52 Å². The van der Waals surface area contributed by atoms with Gasteiger partial charge in [0.2, 0.25) is 0 Å². The Bertz CT molecular complexity index is 441. The number of imidazole rings is 1. The average molecular weight is 150 g/mol. The monoisotopic (exact) mass is 150 g/mol. The molecule has 0 amide bonds. The number of aromatic nitrogens is 3. The Balaban J connectivity index is 3.04. The van der Waals surface area contributed by atoms with E-state index in [-0.39, 0.29) is 5.69 Å². The fourth-order valence-corrected chi connectivity index (χ4v) is 0.958. The van der Waals surface area contributed by atoms with Crippen LogP contribution < -0.4 is 11.5 Å². The van der Waals surface area contributed by atoms with Crippen LogP contribution in [0.25, 0.3) is 11.2 Å². The molecule has 3 N–H and O–H groups in total. The standard InChI is InChI=1S/C6H6N4O/c7-10-4-2-1-3-8-5(4)9-6(10)11/h1-3H,7H2,(H,8,9,11). The molecule has 0 unspecified atom stereocenters. The summed E-state index contributed by atoms with van der Waals surface area (Å²) in [7, 11) is 0. The number of rotatable bonds is 0. The largest absolute Gasteiger partial charge is 0.346 e. The van der Waals surface area contributed by atoms with Crippen LogP contribution in [0.1, 0.15) is 0 Å². The van der Waals surface area contributed by atoms with E-state index >= 15 is 0 Å². The van der Waals surface area contributed by atoms with Gasteiger partial charge in [-0.25, -0.2) is 14.5 Å². The first-order chi connectivity index (χ1) is 5.29. The van der Waals surface area contributed by atoms with E-state index in [1.165, 1.54) is 0 Å². The van der Waals surface area contributed by atoms with Crippen molar-refractivity contribution in [3.63, 3.8) is 0 Å². The van der Waals surface area contributed by atoms with E-state index in [2.05, 4.69) is 9.97 Å². The van der Waals surface area contributed by atoms with E-state index < -0.39 is 0 Å². The van der Waals surface area contributed by atoms with E-state index in [0.29, 0.717) is 11.2 Å². The lowest BCUT2D eigenvalue weighted by Crippen LogP contribution is -2.23. The first-order valence-electron chi connectivity index (χ1n) is 3.10. The lowest BCUT2D eigenvalue weighted by molar-refractivity contribution is 0.967. The normalized spacial score (nSPS) is 10.5. The summed E-state index contributed by atoms with van der Waals surface area (Å²) in [6.07, 6.45) is 1.60. The number of nitrogens with one attached hydrogen (secondary N) is 1. The van der Waals surface area contributed by atoms with E-state index in [9.17, 15) is 4.79 Å². The minimum absolute atomic E-state index is 0.348. The second-order valence-corrected chi connectivity index (χ2v) is 2.17. The Labute approximate surface area is 61.4 Å². The molecule has 0 saturated heterocycles. The van der Waals surface area contributed by atoms with Crippen molar-refractivity contribution in [3.05, 3.63) is 28.8 Å². The first-order valence-corrected chi connectivity index (χ1v) is 3.10. The molecule has 5 nitrogen and oxygen atoms in total. The quantitative estimate of drug-likeness (QED) is 0.494. The molecule has 5 heteroatoms. The van der Waals surface area contributed by atoms with Crippen molar-refractivity contribution >= 4 is 11.2 Å². The highest BCUT2D eigenvalue weighted by atomic mass is 16.1. The lowest BCUT2D eigenvalue weighted by atomic mass is 10.4. The molecule has 0 aliphatic carbocycles. The molecular weight excluding hydrogens is 144 g/mol. The second kappa shape index (κ2) is 1.85. The Morgan fingerprint density at radius 1 is 1.64 bits per heavy atom. The summed E-state index contributed by atoms with van der Waals surface area (Å²) in [5.74, 6) is 5.37. The van der Waals surface area contributed by atoms with Gasteiger partial charge in [0.05, 0.1) is 0 Å². The summed E-state index contributed by atoms with van der Waals surface area (Å²) in [5.41, 5.74) is 0.774. The topological polar surface area (TPSA) is 76.7 Å². The minimum Gasteiger partial charge on any atom is -0.335 e. The minimum atomic E-state index is -0.348. The van der Waals surface area contributed by atoms with Crippen molar-refractivity contribution in [2.75, 3.05) is 5.84 Å². The van der Waals surface area contributed by atoms with Gasteiger partial charge in [0.25, 0.3) is 0 Å². The highest BCUT2D eigenvalue weighted by molar-refractivity contribution is 5.70. The van der Waals surface area contributed by atoms with Crippen molar-refractivity contribution < 1.29 is 0 Å². The van der Waals surface area contributed by atoms with Crippen molar-refractivity contribution in [1.82, 2.24) is 14.6 Å². The Morgan fingerprint density at radius 3 is 3.18 bits per heavy atom. The zero-order valence-electron chi connectivity index (χ0n) is 5.61. The van der Waals surface area contributed by atoms with Crippen molar-refractivity contribution in [2.24, 2.45) is 0 Å². The van der Waals surface area contributed by atoms with Gasteiger partial charge in [-0.05, 0) is 12.1 Å². The molecule has 0 saturated carbocycles. The molecule has 11 heavy (non-hydrogen) atoms. The van der Waals surface area contributed by atoms with Crippen LogP contribution >= 0.6 is 0 Å². The summed E-state index contributed by atoms with van der Waals surface area (Å²) < 4.78 is 1.03. The molecule has 0 aromatic carbocycles. The molecule has 0 aliphatic heterocycles. The van der Waals surface area contributed by atoms with Gasteiger partial charge < -0.3 is 5.84 Å². The average Bonchev–Trinajstić information content (AvgIpc) is 2.30. The Morgan fingerprint density at radius 2 is 2.45 bits per heavy atom. The van der Waals surface area contributed by atoms with Crippen LogP contribution in [0.5, 0.6) is 0 Å². The zero-order chi connectivity index (χ0) is 7.84. The van der Waals surface area contributed by atoms with Gasteiger partial charge in [-0.15, -0.1) is 0 Å². The fraction of sp³-hybridized carbons (Fsp3) is 0. The van der Waals surface area contributed by atoms with Crippen LogP contribution in [0.4, 0.5) is 0 Å². The zero-order valence-corrected chi connectivity index (χ0v) is 5.61. The third-order valence-corrected chi connectivity index (χ3v) is 1.49. The van der Waals surface area contributed by atoms with E-state index in [1.807, 2.05) is 0 Å². The molecule has 0 radical (unpaired) electrons. The third kappa shape index (κ3) is 0.706. The number of fused-ring (bicyclic) bond motifs is 1. The number of pyridine rings is 1. The predicted octanol–water partition coefficient (Wildman–Crippen LogP) is -0.562. The van der Waals surface area contributed by atoms with Gasteiger partial charge in [0, 0.05) is 6.20 Å². The summed E-state index contributed by atoms with van der Waals surface area (Å²) in [6, 6.07) is 3.44. The summed E-state index contributed by atoms with van der Waals surface area (Å²) in [6.45, 7) is 0. The van der Waals surface area contributed by atoms with Gasteiger partial charge in [-0.3, -0.25) is 4.98 Å². The highest BCUT2D eigenvalue weighted by Gasteiger charge is 2.01. The van der Waals surface area contributed by atoms with Gasteiger partial charge in [-0.1, -0.05) is 0 Å². The number of hydrogen-bond donors (Lipinski definition) is 2. The van der Waals surface area contributed by atoms with Crippen molar-refractivity contribution in [2.45, 2.75) is 0 Å². The molecule has 56 valence electrons. The molecule has 0 spiro atoms. The van der Waals surface area contributed by atoms with Crippen LogP contribution in [0, 0.1) is 0 Å². The molecule has 0 fully saturated rings. The predicted molar refractivity (Wildman–Crippen MR) is 40.5 cm³/mol. The van der Waals surface area contributed by atoms with Crippen LogP contribution in [-0.2, 0) is 0 Å². The summed E-state index contributed by atoms with van der Waals surface area (Å²) in [4.78, 5) is 17.3. The number of hydrogen-bond acceptors (Lipinski definition) is 3. The van der Waals surface area contributed by atoms with E-state index in [1.54, 1.807) is 18.3 Å². The molecule has 0 bridgehead atoms. The van der Waals surface area contributed by atoms with Crippen LogP contribution in [0.15, 0.2) is 23.1 Å². The maximum atomic E-state index is 10.9. The van der Waals surface area contributed by atoms with Gasteiger partial charge >= 0.3 is 5.69 Å². The smallest absolute Gasteiger partial charge is 0.335 e. The van der Waals surface area contributed by atoms with Crippen LogP contribution in [0.2, 0.25) is 0 Å². The molecule has 2 aromatic heterocycles. The van der Waals surface area contributed by atoms with E-state index in [0.717, 1.165) is 4.68 Å². The molecule has 2 rings (SSSR count). The summed E-state index contributed by atoms with van der Waals surface area (Å²) in [5, 5.41) is 0. The second-order valence-electron chi connectivity index (χ2n) is 2.17. The molecular formula is C6H6N4O. The van der Waals surface area contributed by atoms with Crippen LogP contribution in [0.3, 0.4) is 0 Å². The van der Waals surface area contributed by atoms with Gasteiger partial charge in [0.15, 0.2) is 5.65 Å². The van der Waals surface area contributed by atoms with Crippen molar-refractivity contribution in [3.8, 4) is 0 Å². The molecule has 0 atom stereocenters. The fourth-order valence-electron chi connectivity index (χ4n) is 0.958. The maximum Gasteiger partial charge on any atom is 0.346 e. The van der Waals surface area contributed by atoms with Crippen LogP contribution in [-0.4, -0.2) is 14.6 Å². The van der Waals surface area contributed by atoms with Gasteiger partial charge in [-0.2, -0.15) is 0 Å². The highest BCUT2D eigenvalue weighted by Crippen LogP contribution is 2.01. The molecule has 2 aromatic rings. The van der Waals surface area contributed by atoms with E-state index in [4.69, 9.17) is 5.84 Å². The SMILES string of the molecule is Nn1c(=O)[nH]c2ncccc21. The number of nitrogens with two attached hydrogens (primary N) is 1. The molecule has 2 heterocycles. The number of H-pyrrole nitrogens is 1.